The minimum atomic E-state index is -0.857. The molecule has 0 fully saturated rings. The molecule has 0 saturated heterocycles. The van der Waals surface area contributed by atoms with Gasteiger partial charge in [-0.3, -0.25) is 9.59 Å². The number of aliphatic carboxylic acids is 1. The van der Waals surface area contributed by atoms with Gasteiger partial charge >= 0.3 is 5.97 Å². The number of para-hydroxylation sites is 2. The predicted octanol–water partition coefficient (Wildman–Crippen LogP) is 7.29. The number of ether oxygens (including phenoxy) is 1. The summed E-state index contributed by atoms with van der Waals surface area (Å²) in [7, 11) is 0. The Kier molecular flexibility index (Phi) is 10.3. The summed E-state index contributed by atoms with van der Waals surface area (Å²) in [5.74, 6) is -0.607. The van der Waals surface area contributed by atoms with Gasteiger partial charge < -0.3 is 15.2 Å². The molecule has 0 heterocycles. The molecule has 0 unspecified atom stereocenters. The van der Waals surface area contributed by atoms with Crippen molar-refractivity contribution in [1.82, 2.24) is 0 Å². The highest BCUT2D eigenvalue weighted by molar-refractivity contribution is 6.02. The van der Waals surface area contributed by atoms with Crippen LogP contribution in [0.1, 0.15) is 55.7 Å². The average Bonchev–Trinajstić information content (AvgIpc) is 2.87. The molecule has 5 nitrogen and oxygen atoms in total. The second-order valence-corrected chi connectivity index (χ2v) is 8.89. The van der Waals surface area contributed by atoms with Gasteiger partial charge in [-0.2, -0.15) is 0 Å². The number of hydrogen-bond donors (Lipinski definition) is 2. The predicted molar refractivity (Wildman–Crippen MR) is 146 cm³/mol. The number of aryl methyl sites for hydroxylation is 2. The van der Waals surface area contributed by atoms with Gasteiger partial charge in [0.25, 0.3) is 0 Å². The lowest BCUT2D eigenvalue weighted by Crippen LogP contribution is -2.10. The Balaban J connectivity index is 1.59. The monoisotopic (exact) mass is 485 g/mol. The first kappa shape index (κ1) is 26.7. The Morgan fingerprint density at radius 2 is 1.69 bits per heavy atom. The number of hydrogen-bond acceptors (Lipinski definition) is 3. The van der Waals surface area contributed by atoms with Gasteiger partial charge in [-0.15, -0.1) is 0 Å². The number of amides is 1. The third kappa shape index (κ3) is 8.42. The zero-order chi connectivity index (χ0) is 25.8. The molecule has 188 valence electrons. The highest BCUT2D eigenvalue weighted by atomic mass is 16.5. The van der Waals surface area contributed by atoms with Crippen LogP contribution in [-0.2, 0) is 16.0 Å². The highest BCUT2D eigenvalue weighted by Crippen LogP contribution is 2.25. The van der Waals surface area contributed by atoms with E-state index in [0.717, 1.165) is 23.1 Å². The summed E-state index contributed by atoms with van der Waals surface area (Å²) >= 11 is 0. The summed E-state index contributed by atoms with van der Waals surface area (Å²) in [6.07, 6.45) is 8.61. The first-order chi connectivity index (χ1) is 17.5. The molecule has 0 radical (unpaired) electrons. The second kappa shape index (κ2) is 13.9. The number of carboxylic acid groups (broad SMARTS) is 1. The van der Waals surface area contributed by atoms with Gasteiger partial charge in [0.05, 0.1) is 12.3 Å². The van der Waals surface area contributed by atoms with Crippen LogP contribution in [0.5, 0.6) is 5.75 Å². The van der Waals surface area contributed by atoms with Crippen LogP contribution in [-0.4, -0.2) is 23.6 Å². The molecule has 0 aliphatic rings. The normalized spacial score (nSPS) is 10.9. The highest BCUT2D eigenvalue weighted by Gasteiger charge is 2.07. The van der Waals surface area contributed by atoms with Crippen LogP contribution >= 0.6 is 0 Å². The van der Waals surface area contributed by atoms with Crippen LogP contribution < -0.4 is 10.1 Å². The summed E-state index contributed by atoms with van der Waals surface area (Å²) in [5, 5.41) is 11.6. The van der Waals surface area contributed by atoms with Gasteiger partial charge in [0.1, 0.15) is 5.75 Å². The lowest BCUT2D eigenvalue weighted by atomic mass is 9.98. The number of carbonyl (C=O) groups excluding carboxylic acids is 1. The third-order valence-corrected chi connectivity index (χ3v) is 5.98. The maximum absolute atomic E-state index is 12.6. The molecule has 36 heavy (non-hydrogen) atoms. The number of carbonyl (C=O) groups is 2. The van der Waals surface area contributed by atoms with Crippen LogP contribution in [0, 0.1) is 6.92 Å². The van der Waals surface area contributed by atoms with Crippen molar-refractivity contribution in [3.8, 4) is 16.9 Å². The van der Waals surface area contributed by atoms with Crippen LogP contribution in [0.4, 0.5) is 5.69 Å². The molecular formula is C31H35NO4. The van der Waals surface area contributed by atoms with E-state index in [9.17, 15) is 9.59 Å². The lowest BCUT2D eigenvalue weighted by molar-refractivity contribution is -0.137. The molecule has 0 bridgehead atoms. The van der Waals surface area contributed by atoms with E-state index in [1.807, 2.05) is 31.2 Å². The molecule has 0 spiro atoms. The molecule has 3 aromatic carbocycles. The molecule has 3 rings (SSSR count). The first-order valence-electron chi connectivity index (χ1n) is 12.6. The summed E-state index contributed by atoms with van der Waals surface area (Å²) in [6, 6.07) is 22.2. The van der Waals surface area contributed by atoms with Gasteiger partial charge in [0.2, 0.25) is 5.91 Å². The molecule has 0 aliphatic carbocycles. The first-order valence-corrected chi connectivity index (χ1v) is 12.6. The fraction of sp³-hybridized carbons (Fsp3) is 0.290. The van der Waals surface area contributed by atoms with Crippen molar-refractivity contribution >= 4 is 23.6 Å². The van der Waals surface area contributed by atoms with E-state index in [4.69, 9.17) is 9.84 Å². The topological polar surface area (TPSA) is 75.6 Å². The van der Waals surface area contributed by atoms with E-state index in [-0.39, 0.29) is 18.9 Å². The SMILES string of the molecule is CCCCCc1ccc(-c2ccc(/C=C/C(=O)Nc3ccccc3OCCCC(=O)O)c(C)c2)cc1. The van der Waals surface area contributed by atoms with Crippen LogP contribution in [0.15, 0.2) is 72.8 Å². The number of nitrogens with one attached hydrogen (secondary N) is 1. The standard InChI is InChI=1S/C31H35NO4/c1-3-4-5-9-24-13-15-26(16-14-24)27-18-17-25(23(2)22-27)19-20-30(33)32-28-10-6-7-11-29(28)36-21-8-12-31(34)35/h6-7,10-11,13-20,22H,3-5,8-9,12,21H2,1-2H3,(H,32,33)(H,34,35)/b20-19+. The number of anilines is 1. The smallest absolute Gasteiger partial charge is 0.303 e. The summed E-state index contributed by atoms with van der Waals surface area (Å²) in [4.78, 5) is 23.2. The Hall–Kier alpha value is -3.86. The molecule has 0 aliphatic heterocycles. The largest absolute Gasteiger partial charge is 0.491 e. The molecule has 0 aromatic heterocycles. The van der Waals surface area contributed by atoms with E-state index in [1.54, 1.807) is 12.1 Å². The number of benzene rings is 3. The van der Waals surface area contributed by atoms with Gasteiger partial charge in [-0.05, 0) is 72.2 Å². The minimum absolute atomic E-state index is 0.0414. The minimum Gasteiger partial charge on any atom is -0.491 e. The van der Waals surface area contributed by atoms with Crippen molar-refractivity contribution in [2.24, 2.45) is 0 Å². The Bertz CT molecular complexity index is 1180. The van der Waals surface area contributed by atoms with E-state index in [1.165, 1.54) is 36.5 Å². The molecular weight excluding hydrogens is 450 g/mol. The fourth-order valence-electron chi connectivity index (χ4n) is 3.93. The van der Waals surface area contributed by atoms with Gasteiger partial charge in [-0.1, -0.05) is 74.4 Å². The molecule has 2 N–H and O–H groups in total. The molecule has 3 aromatic rings. The average molecular weight is 486 g/mol. The van der Waals surface area contributed by atoms with E-state index in [2.05, 4.69) is 48.6 Å². The van der Waals surface area contributed by atoms with Crippen LogP contribution in [0.3, 0.4) is 0 Å². The molecule has 0 saturated carbocycles. The number of carboxylic acids is 1. The van der Waals surface area contributed by atoms with Crippen molar-refractivity contribution in [2.45, 2.75) is 52.4 Å². The van der Waals surface area contributed by atoms with Crippen molar-refractivity contribution < 1.29 is 19.4 Å². The van der Waals surface area contributed by atoms with Crippen molar-refractivity contribution in [2.75, 3.05) is 11.9 Å². The van der Waals surface area contributed by atoms with Crippen LogP contribution in [0.2, 0.25) is 0 Å². The maximum Gasteiger partial charge on any atom is 0.303 e. The van der Waals surface area contributed by atoms with Gasteiger partial charge in [-0.25, -0.2) is 0 Å². The molecule has 0 atom stereocenters. The Morgan fingerprint density at radius 1 is 0.944 bits per heavy atom. The summed E-state index contributed by atoms with van der Waals surface area (Å²) < 4.78 is 5.66. The van der Waals surface area contributed by atoms with Gasteiger partial charge in [0, 0.05) is 12.5 Å². The maximum atomic E-state index is 12.6. The van der Waals surface area contributed by atoms with Gasteiger partial charge in [0.15, 0.2) is 0 Å². The summed E-state index contributed by atoms with van der Waals surface area (Å²) in [5.41, 5.74) is 6.33. The van der Waals surface area contributed by atoms with Crippen molar-refractivity contribution in [1.29, 1.82) is 0 Å². The molecule has 1 amide bonds. The second-order valence-electron chi connectivity index (χ2n) is 8.89. The number of unbranched alkanes of at least 4 members (excludes halogenated alkanes) is 2. The van der Waals surface area contributed by atoms with Crippen molar-refractivity contribution in [3.63, 3.8) is 0 Å². The zero-order valence-electron chi connectivity index (χ0n) is 21.1. The van der Waals surface area contributed by atoms with Crippen LogP contribution in [0.25, 0.3) is 17.2 Å². The quantitative estimate of drug-likeness (QED) is 0.197. The van der Waals surface area contributed by atoms with E-state index < -0.39 is 5.97 Å². The fourth-order valence-corrected chi connectivity index (χ4v) is 3.93. The Labute approximate surface area is 213 Å². The Morgan fingerprint density at radius 3 is 2.42 bits per heavy atom. The molecule has 5 heteroatoms. The third-order valence-electron chi connectivity index (χ3n) is 5.98. The van der Waals surface area contributed by atoms with E-state index in [0.29, 0.717) is 17.9 Å². The zero-order valence-corrected chi connectivity index (χ0v) is 21.1. The number of rotatable bonds is 13. The summed E-state index contributed by atoms with van der Waals surface area (Å²) in [6.45, 7) is 4.53. The van der Waals surface area contributed by atoms with E-state index >= 15 is 0 Å². The lowest BCUT2D eigenvalue weighted by Gasteiger charge is -2.11. The van der Waals surface area contributed by atoms with Crippen molar-refractivity contribution in [3.05, 3.63) is 89.5 Å².